The Balaban J connectivity index is 1.63. The van der Waals surface area contributed by atoms with Gasteiger partial charge in [-0.1, -0.05) is 42.5 Å². The monoisotopic (exact) mass is 266 g/mol. The molecule has 0 N–H and O–H groups in total. The van der Waals surface area contributed by atoms with Crippen LogP contribution in [-0.4, -0.2) is 7.11 Å². The minimum atomic E-state index is 0.815. The Morgan fingerprint density at radius 3 is 2.60 bits per heavy atom. The zero-order chi connectivity index (χ0) is 13.8. The van der Waals surface area contributed by atoms with Crippen molar-refractivity contribution in [3.63, 3.8) is 0 Å². The lowest BCUT2D eigenvalue weighted by molar-refractivity contribution is 0.398. The molecule has 0 unspecified atom stereocenters. The second-order valence-electron chi connectivity index (χ2n) is 5.73. The van der Waals surface area contributed by atoms with Crippen LogP contribution in [0.15, 0.2) is 48.5 Å². The highest BCUT2D eigenvalue weighted by Crippen LogP contribution is 2.29. The van der Waals surface area contributed by atoms with Crippen molar-refractivity contribution in [2.75, 3.05) is 7.11 Å². The first-order valence-electron chi connectivity index (χ1n) is 7.55. The van der Waals surface area contributed by atoms with Crippen LogP contribution in [0.25, 0.3) is 0 Å². The van der Waals surface area contributed by atoms with Crippen molar-refractivity contribution >= 4 is 0 Å². The number of methoxy groups -OCH3 is 1. The van der Waals surface area contributed by atoms with Crippen molar-refractivity contribution in [3.8, 4) is 5.75 Å². The summed E-state index contributed by atoms with van der Waals surface area (Å²) in [5.41, 5.74) is 4.46. The number of fused-ring (bicyclic) bond motifs is 1. The molecule has 2 aromatic rings. The van der Waals surface area contributed by atoms with E-state index in [0.717, 1.165) is 18.1 Å². The molecule has 1 atom stereocenters. The van der Waals surface area contributed by atoms with Crippen molar-refractivity contribution in [2.45, 2.75) is 32.1 Å². The van der Waals surface area contributed by atoms with Crippen molar-refractivity contribution < 1.29 is 4.74 Å². The second-order valence-corrected chi connectivity index (χ2v) is 5.73. The van der Waals surface area contributed by atoms with E-state index in [1.54, 1.807) is 18.2 Å². The van der Waals surface area contributed by atoms with Gasteiger partial charge in [0.25, 0.3) is 0 Å². The lowest BCUT2D eigenvalue weighted by Gasteiger charge is -2.24. The third-order valence-electron chi connectivity index (χ3n) is 4.46. The lowest BCUT2D eigenvalue weighted by Crippen LogP contribution is -2.15. The molecule has 3 rings (SSSR count). The molecule has 2 aromatic carbocycles. The van der Waals surface area contributed by atoms with Crippen LogP contribution in [0, 0.1) is 5.92 Å². The number of ether oxygens (including phenoxy) is 1. The summed E-state index contributed by atoms with van der Waals surface area (Å²) in [6.45, 7) is 0. The molecule has 0 radical (unpaired) electrons. The van der Waals surface area contributed by atoms with Crippen LogP contribution in [0.1, 0.15) is 29.5 Å². The van der Waals surface area contributed by atoms with E-state index in [4.69, 9.17) is 4.74 Å². The molecule has 1 aliphatic carbocycles. The van der Waals surface area contributed by atoms with E-state index in [1.165, 1.54) is 31.2 Å². The predicted octanol–water partition coefficient (Wildman–Crippen LogP) is 4.43. The maximum absolute atomic E-state index is 5.44. The molecule has 1 nitrogen and oxygen atoms in total. The lowest BCUT2D eigenvalue weighted by atomic mass is 9.81. The molecule has 104 valence electrons. The van der Waals surface area contributed by atoms with Crippen LogP contribution in [-0.2, 0) is 19.3 Å². The van der Waals surface area contributed by atoms with Crippen molar-refractivity contribution in [1.82, 2.24) is 0 Å². The zero-order valence-corrected chi connectivity index (χ0v) is 12.1. The van der Waals surface area contributed by atoms with Crippen LogP contribution < -0.4 is 4.74 Å². The first-order valence-corrected chi connectivity index (χ1v) is 7.55. The summed E-state index contributed by atoms with van der Waals surface area (Å²) in [6.07, 6.45) is 6.19. The smallest absolute Gasteiger partial charge is 0.122 e. The van der Waals surface area contributed by atoms with Gasteiger partial charge in [0.1, 0.15) is 5.75 Å². The summed E-state index contributed by atoms with van der Waals surface area (Å²) in [4.78, 5) is 0. The molecule has 20 heavy (non-hydrogen) atoms. The second kappa shape index (κ2) is 6.13. The largest absolute Gasteiger partial charge is 0.496 e. The van der Waals surface area contributed by atoms with Gasteiger partial charge in [0, 0.05) is 0 Å². The third kappa shape index (κ3) is 2.87. The van der Waals surface area contributed by atoms with E-state index in [2.05, 4.69) is 42.5 Å². The molecule has 0 saturated heterocycles. The van der Waals surface area contributed by atoms with E-state index in [1.807, 2.05) is 6.07 Å². The molecule has 0 bridgehead atoms. The van der Waals surface area contributed by atoms with E-state index >= 15 is 0 Å². The van der Waals surface area contributed by atoms with E-state index in [9.17, 15) is 0 Å². The summed E-state index contributed by atoms with van der Waals surface area (Å²) in [5.74, 6) is 1.85. The fraction of sp³-hybridized carbons (Fsp3) is 0.368. The molecule has 0 aliphatic heterocycles. The summed E-state index contributed by atoms with van der Waals surface area (Å²) in [7, 11) is 1.76. The van der Waals surface area contributed by atoms with Crippen LogP contribution in [0.2, 0.25) is 0 Å². The molecule has 1 aliphatic rings. The topological polar surface area (TPSA) is 9.23 Å². The van der Waals surface area contributed by atoms with E-state index < -0.39 is 0 Å². The highest BCUT2D eigenvalue weighted by molar-refractivity contribution is 5.33. The van der Waals surface area contributed by atoms with Gasteiger partial charge < -0.3 is 4.74 Å². The van der Waals surface area contributed by atoms with Gasteiger partial charge in [-0.3, -0.25) is 0 Å². The SMILES string of the molecule is COc1ccccc1CC[C@@H]1CCc2ccccc2C1. The van der Waals surface area contributed by atoms with Crippen LogP contribution in [0.5, 0.6) is 5.75 Å². The number of hydrogen-bond donors (Lipinski definition) is 0. The van der Waals surface area contributed by atoms with E-state index in [-0.39, 0.29) is 0 Å². The molecular formula is C19H22O. The molecule has 0 heterocycles. The van der Waals surface area contributed by atoms with Crippen molar-refractivity contribution in [2.24, 2.45) is 5.92 Å². The average Bonchev–Trinajstić information content (AvgIpc) is 2.53. The Morgan fingerprint density at radius 1 is 1.00 bits per heavy atom. The number of rotatable bonds is 4. The number of hydrogen-bond acceptors (Lipinski definition) is 1. The third-order valence-corrected chi connectivity index (χ3v) is 4.46. The van der Waals surface area contributed by atoms with Gasteiger partial charge in [-0.25, -0.2) is 0 Å². The molecule has 0 fully saturated rings. The standard InChI is InChI=1S/C19H22O/c1-20-19-9-5-4-7-17(19)13-11-15-10-12-16-6-2-3-8-18(16)14-15/h2-9,15H,10-14H2,1H3/t15-/m0/s1. The van der Waals surface area contributed by atoms with Gasteiger partial charge in [-0.05, 0) is 60.8 Å². The fourth-order valence-electron chi connectivity index (χ4n) is 3.29. The summed E-state index contributed by atoms with van der Waals surface area (Å²) >= 11 is 0. The average molecular weight is 266 g/mol. The first-order chi connectivity index (χ1) is 9.86. The molecule has 1 heteroatoms. The van der Waals surface area contributed by atoms with Gasteiger partial charge in [-0.2, -0.15) is 0 Å². The van der Waals surface area contributed by atoms with Crippen LogP contribution in [0.4, 0.5) is 0 Å². The molecule has 0 amide bonds. The highest BCUT2D eigenvalue weighted by atomic mass is 16.5. The number of para-hydroxylation sites is 1. The Morgan fingerprint density at radius 2 is 1.75 bits per heavy atom. The van der Waals surface area contributed by atoms with Gasteiger partial charge in [0.15, 0.2) is 0 Å². The van der Waals surface area contributed by atoms with Gasteiger partial charge >= 0.3 is 0 Å². The fourth-order valence-corrected chi connectivity index (χ4v) is 3.29. The minimum absolute atomic E-state index is 0.815. The Hall–Kier alpha value is -1.76. The molecule has 0 saturated carbocycles. The van der Waals surface area contributed by atoms with E-state index in [0.29, 0.717) is 0 Å². The maximum Gasteiger partial charge on any atom is 0.122 e. The van der Waals surface area contributed by atoms with Crippen molar-refractivity contribution in [1.29, 1.82) is 0 Å². The first kappa shape index (κ1) is 13.2. The predicted molar refractivity (Wildman–Crippen MR) is 83.3 cm³/mol. The molecule has 0 spiro atoms. The summed E-state index contributed by atoms with van der Waals surface area (Å²) in [6, 6.07) is 17.3. The van der Waals surface area contributed by atoms with Gasteiger partial charge in [-0.15, -0.1) is 0 Å². The Labute approximate surface area is 121 Å². The number of benzene rings is 2. The highest BCUT2D eigenvalue weighted by Gasteiger charge is 2.18. The molecule has 0 aromatic heterocycles. The number of aryl methyl sites for hydroxylation is 2. The quantitative estimate of drug-likeness (QED) is 0.795. The van der Waals surface area contributed by atoms with Gasteiger partial charge in [0.2, 0.25) is 0 Å². The normalized spacial score (nSPS) is 17.6. The minimum Gasteiger partial charge on any atom is -0.496 e. The summed E-state index contributed by atoms with van der Waals surface area (Å²) < 4.78 is 5.44. The van der Waals surface area contributed by atoms with Crippen LogP contribution in [0.3, 0.4) is 0 Å². The zero-order valence-electron chi connectivity index (χ0n) is 12.1. The van der Waals surface area contributed by atoms with Crippen molar-refractivity contribution in [3.05, 3.63) is 65.2 Å². The molecular weight excluding hydrogens is 244 g/mol. The summed E-state index contributed by atoms with van der Waals surface area (Å²) in [5, 5.41) is 0. The maximum atomic E-state index is 5.44. The Kier molecular flexibility index (Phi) is 4.05. The Bertz CT molecular complexity index is 573. The van der Waals surface area contributed by atoms with Gasteiger partial charge in [0.05, 0.1) is 7.11 Å². The van der Waals surface area contributed by atoms with Crippen LogP contribution >= 0.6 is 0 Å².